The highest BCUT2D eigenvalue weighted by atomic mass is 19.1. The molecule has 1 N–H and O–H groups in total. The maximum absolute atomic E-state index is 13.5. The lowest BCUT2D eigenvalue weighted by atomic mass is 9.90. The van der Waals surface area contributed by atoms with Gasteiger partial charge in [0.25, 0.3) is 5.91 Å². The summed E-state index contributed by atoms with van der Waals surface area (Å²) in [7, 11) is 3.24. The molecule has 2 atom stereocenters. The Hall–Kier alpha value is -2.41. The zero-order valence-corrected chi connectivity index (χ0v) is 14.4. The number of carbonyl (C=O) groups is 1. The van der Waals surface area contributed by atoms with E-state index in [0.29, 0.717) is 18.7 Å². The number of methoxy groups -OCH3 is 1. The van der Waals surface area contributed by atoms with Crippen molar-refractivity contribution in [2.45, 2.75) is 18.9 Å². The SMILES string of the molecule is COc1cc(C(=O)NC[C@@H]2CCCO[C@H]2c2cnn(C)c2)ccc1F. The Labute approximate surface area is 145 Å². The van der Waals surface area contributed by atoms with Gasteiger partial charge in [0.05, 0.1) is 19.4 Å². The second-order valence-corrected chi connectivity index (χ2v) is 6.20. The number of halogens is 1. The molecular weight excluding hydrogens is 325 g/mol. The highest BCUT2D eigenvalue weighted by molar-refractivity contribution is 5.94. The fourth-order valence-corrected chi connectivity index (χ4v) is 3.13. The highest BCUT2D eigenvalue weighted by Gasteiger charge is 2.29. The molecule has 25 heavy (non-hydrogen) atoms. The van der Waals surface area contributed by atoms with Crippen molar-refractivity contribution in [1.29, 1.82) is 0 Å². The normalized spacial score (nSPS) is 20.3. The fraction of sp³-hybridized carbons (Fsp3) is 0.444. The van der Waals surface area contributed by atoms with Gasteiger partial charge in [-0.3, -0.25) is 9.48 Å². The summed E-state index contributed by atoms with van der Waals surface area (Å²) in [4.78, 5) is 12.4. The molecule has 7 heteroatoms. The van der Waals surface area contributed by atoms with Gasteiger partial charge in [-0.05, 0) is 31.0 Å². The number of aromatic nitrogens is 2. The molecule has 1 aliphatic rings. The topological polar surface area (TPSA) is 65.4 Å². The lowest BCUT2D eigenvalue weighted by Gasteiger charge is -2.31. The van der Waals surface area contributed by atoms with E-state index in [4.69, 9.17) is 9.47 Å². The summed E-state index contributed by atoms with van der Waals surface area (Å²) in [5, 5.41) is 7.12. The van der Waals surface area contributed by atoms with Crippen LogP contribution in [0.25, 0.3) is 0 Å². The lowest BCUT2D eigenvalue weighted by Crippen LogP contribution is -2.35. The molecule has 0 unspecified atom stereocenters. The van der Waals surface area contributed by atoms with Gasteiger partial charge in [0.15, 0.2) is 11.6 Å². The number of rotatable bonds is 5. The van der Waals surface area contributed by atoms with Crippen LogP contribution in [0.4, 0.5) is 4.39 Å². The molecular formula is C18H22FN3O3. The minimum absolute atomic E-state index is 0.0573. The Morgan fingerprint density at radius 2 is 2.36 bits per heavy atom. The average molecular weight is 347 g/mol. The second kappa shape index (κ2) is 7.65. The molecule has 6 nitrogen and oxygen atoms in total. The summed E-state index contributed by atoms with van der Waals surface area (Å²) < 4.78 is 26.0. The van der Waals surface area contributed by atoms with Crippen molar-refractivity contribution in [2.75, 3.05) is 20.3 Å². The lowest BCUT2D eigenvalue weighted by molar-refractivity contribution is -0.0273. The maximum atomic E-state index is 13.5. The molecule has 0 spiro atoms. The van der Waals surface area contributed by atoms with E-state index in [-0.39, 0.29) is 23.7 Å². The Morgan fingerprint density at radius 1 is 1.52 bits per heavy atom. The van der Waals surface area contributed by atoms with Crippen LogP contribution in [0.1, 0.15) is 34.9 Å². The van der Waals surface area contributed by atoms with E-state index in [0.717, 1.165) is 18.4 Å². The van der Waals surface area contributed by atoms with E-state index in [1.165, 1.54) is 25.3 Å². The molecule has 1 amide bonds. The summed E-state index contributed by atoms with van der Waals surface area (Å²) >= 11 is 0. The van der Waals surface area contributed by atoms with Crippen molar-refractivity contribution in [2.24, 2.45) is 13.0 Å². The van der Waals surface area contributed by atoms with Crippen LogP contribution in [0, 0.1) is 11.7 Å². The van der Waals surface area contributed by atoms with E-state index in [2.05, 4.69) is 10.4 Å². The maximum Gasteiger partial charge on any atom is 0.251 e. The quantitative estimate of drug-likeness (QED) is 0.902. The standard InChI is InChI=1S/C18H22FN3O3/c1-22-11-14(10-21-22)17-13(4-3-7-25-17)9-20-18(23)12-5-6-15(19)16(8-12)24-2/h5-6,8,10-11,13,17H,3-4,7,9H2,1-2H3,(H,20,23)/t13-,17+/m0/s1. The molecule has 0 radical (unpaired) electrons. The van der Waals surface area contributed by atoms with Crippen LogP contribution in [0.15, 0.2) is 30.6 Å². The van der Waals surface area contributed by atoms with Crippen LogP contribution in [0.5, 0.6) is 5.75 Å². The van der Waals surface area contributed by atoms with Crippen molar-refractivity contribution in [1.82, 2.24) is 15.1 Å². The smallest absolute Gasteiger partial charge is 0.251 e. The predicted octanol–water partition coefficient (Wildman–Crippen LogP) is 2.47. The van der Waals surface area contributed by atoms with E-state index < -0.39 is 5.82 Å². The number of nitrogens with zero attached hydrogens (tertiary/aromatic N) is 2. The number of amides is 1. The molecule has 1 fully saturated rings. The van der Waals surface area contributed by atoms with Gasteiger partial charge in [0.1, 0.15) is 0 Å². The summed E-state index contributed by atoms with van der Waals surface area (Å²) in [5.74, 6) is -0.517. The van der Waals surface area contributed by atoms with Crippen molar-refractivity contribution in [3.05, 3.63) is 47.5 Å². The molecule has 1 aromatic carbocycles. The van der Waals surface area contributed by atoms with E-state index in [9.17, 15) is 9.18 Å². The van der Waals surface area contributed by atoms with Crippen LogP contribution in [-0.4, -0.2) is 35.9 Å². The van der Waals surface area contributed by atoms with Gasteiger partial charge >= 0.3 is 0 Å². The van der Waals surface area contributed by atoms with E-state index >= 15 is 0 Å². The highest BCUT2D eigenvalue weighted by Crippen LogP contribution is 2.33. The molecule has 2 heterocycles. The van der Waals surface area contributed by atoms with Crippen LogP contribution < -0.4 is 10.1 Å². The Kier molecular flexibility index (Phi) is 5.33. The minimum Gasteiger partial charge on any atom is -0.494 e. The molecule has 134 valence electrons. The van der Waals surface area contributed by atoms with Crippen LogP contribution >= 0.6 is 0 Å². The van der Waals surface area contributed by atoms with Gasteiger partial charge in [0, 0.05) is 43.4 Å². The van der Waals surface area contributed by atoms with Crippen molar-refractivity contribution >= 4 is 5.91 Å². The molecule has 0 bridgehead atoms. The Bertz CT molecular complexity index is 747. The summed E-state index contributed by atoms with van der Waals surface area (Å²) in [6.45, 7) is 1.19. The number of hydrogen-bond donors (Lipinski definition) is 1. The molecule has 2 aromatic rings. The Morgan fingerprint density at radius 3 is 3.08 bits per heavy atom. The zero-order valence-electron chi connectivity index (χ0n) is 14.4. The number of benzene rings is 1. The minimum atomic E-state index is -0.489. The first kappa shape index (κ1) is 17.4. The Balaban J connectivity index is 1.65. The third kappa shape index (κ3) is 3.99. The number of ether oxygens (including phenoxy) is 2. The third-order valence-corrected chi connectivity index (χ3v) is 4.44. The molecule has 1 aromatic heterocycles. The zero-order chi connectivity index (χ0) is 17.8. The van der Waals surface area contributed by atoms with Gasteiger partial charge in [-0.2, -0.15) is 5.10 Å². The van der Waals surface area contributed by atoms with Gasteiger partial charge in [-0.15, -0.1) is 0 Å². The monoisotopic (exact) mass is 347 g/mol. The average Bonchev–Trinajstić information content (AvgIpc) is 3.06. The predicted molar refractivity (Wildman–Crippen MR) is 89.9 cm³/mol. The van der Waals surface area contributed by atoms with Crippen molar-refractivity contribution in [3.8, 4) is 5.75 Å². The van der Waals surface area contributed by atoms with Gasteiger partial charge < -0.3 is 14.8 Å². The van der Waals surface area contributed by atoms with Gasteiger partial charge in [-0.25, -0.2) is 4.39 Å². The summed E-state index contributed by atoms with van der Waals surface area (Å²) in [5.41, 5.74) is 1.39. The number of aryl methyl sites for hydroxylation is 1. The van der Waals surface area contributed by atoms with Crippen molar-refractivity contribution < 1.29 is 18.7 Å². The van der Waals surface area contributed by atoms with Crippen LogP contribution in [0.2, 0.25) is 0 Å². The first-order valence-corrected chi connectivity index (χ1v) is 8.30. The first-order chi connectivity index (χ1) is 12.1. The number of nitrogens with one attached hydrogen (secondary N) is 1. The van der Waals surface area contributed by atoms with Crippen LogP contribution in [0.3, 0.4) is 0 Å². The first-order valence-electron chi connectivity index (χ1n) is 8.30. The number of hydrogen-bond acceptors (Lipinski definition) is 4. The summed E-state index contributed by atoms with van der Waals surface area (Å²) in [6.07, 6.45) is 5.59. The molecule has 3 rings (SSSR count). The fourth-order valence-electron chi connectivity index (χ4n) is 3.13. The van der Waals surface area contributed by atoms with Gasteiger partial charge in [0.2, 0.25) is 0 Å². The van der Waals surface area contributed by atoms with Crippen molar-refractivity contribution in [3.63, 3.8) is 0 Å². The summed E-state index contributed by atoms with van der Waals surface area (Å²) in [6, 6.07) is 4.08. The third-order valence-electron chi connectivity index (χ3n) is 4.44. The molecule has 0 saturated carbocycles. The van der Waals surface area contributed by atoms with Gasteiger partial charge in [-0.1, -0.05) is 0 Å². The van der Waals surface area contributed by atoms with E-state index in [1.54, 1.807) is 10.9 Å². The second-order valence-electron chi connectivity index (χ2n) is 6.20. The number of carbonyl (C=O) groups excluding carboxylic acids is 1. The molecule has 1 saturated heterocycles. The molecule has 1 aliphatic heterocycles. The van der Waals surface area contributed by atoms with Crippen LogP contribution in [-0.2, 0) is 11.8 Å². The molecule has 0 aliphatic carbocycles. The largest absolute Gasteiger partial charge is 0.494 e. The van der Waals surface area contributed by atoms with E-state index in [1.807, 2.05) is 13.2 Å².